The van der Waals surface area contributed by atoms with E-state index in [-0.39, 0.29) is 11.9 Å². The third-order valence-electron chi connectivity index (χ3n) is 2.07. The lowest BCUT2D eigenvalue weighted by Crippen LogP contribution is -2.02. The van der Waals surface area contributed by atoms with Crippen LogP contribution in [0.25, 0.3) is 0 Å². The van der Waals surface area contributed by atoms with E-state index in [2.05, 4.69) is 0 Å². The minimum Gasteiger partial charge on any atom is -0.435 e. The number of ether oxygens (including phenoxy) is 2. The van der Waals surface area contributed by atoms with Crippen LogP contribution < -0.4 is 0 Å². The molecule has 0 aliphatic rings. The molecule has 0 radical (unpaired) electrons. The second-order valence-electron chi connectivity index (χ2n) is 3.75. The van der Waals surface area contributed by atoms with Crippen molar-refractivity contribution in [1.82, 2.24) is 0 Å². The van der Waals surface area contributed by atoms with Crippen LogP contribution in [0.4, 0.5) is 0 Å². The van der Waals surface area contributed by atoms with E-state index in [1.165, 1.54) is 12.5 Å². The van der Waals surface area contributed by atoms with Crippen molar-refractivity contribution in [2.45, 2.75) is 52.4 Å². The number of rotatable bonds is 9. The number of carbonyl (C=O) groups excluding carboxylic acids is 2. The first-order valence-corrected chi connectivity index (χ1v) is 6.39. The van der Waals surface area contributed by atoms with Gasteiger partial charge in [0.15, 0.2) is 0 Å². The van der Waals surface area contributed by atoms with E-state index < -0.39 is 0 Å². The number of unbranched alkanes of at least 4 members (excludes halogenated alkanes) is 1. The largest absolute Gasteiger partial charge is 0.435 e. The lowest BCUT2D eigenvalue weighted by molar-refractivity contribution is -0.140. The zero-order valence-corrected chi connectivity index (χ0v) is 11.2. The average molecular weight is 254 g/mol. The maximum atomic E-state index is 11.2. The van der Waals surface area contributed by atoms with E-state index in [0.717, 1.165) is 12.8 Å². The van der Waals surface area contributed by atoms with Gasteiger partial charge in [0.25, 0.3) is 0 Å². The molecular weight excluding hydrogens is 232 g/mol. The van der Waals surface area contributed by atoms with Crippen molar-refractivity contribution >= 4 is 11.9 Å². The van der Waals surface area contributed by atoms with Gasteiger partial charge in [0.1, 0.15) is 0 Å². The summed E-state index contributed by atoms with van der Waals surface area (Å²) >= 11 is 0. The van der Waals surface area contributed by atoms with E-state index in [1.807, 2.05) is 13.8 Å². The monoisotopic (exact) mass is 254 g/mol. The molecule has 0 rings (SSSR count). The van der Waals surface area contributed by atoms with Crippen molar-refractivity contribution in [3.8, 4) is 0 Å². The molecule has 0 fully saturated rings. The number of allylic oxidation sites excluding steroid dienone is 2. The number of esters is 2. The van der Waals surface area contributed by atoms with Gasteiger partial charge in [-0.25, -0.2) is 0 Å². The van der Waals surface area contributed by atoms with Crippen LogP contribution in [0.1, 0.15) is 52.4 Å². The number of hydrogen-bond acceptors (Lipinski definition) is 4. The summed E-state index contributed by atoms with van der Waals surface area (Å²) in [6.07, 6.45) is 9.95. The van der Waals surface area contributed by atoms with E-state index in [4.69, 9.17) is 9.47 Å². The normalized spacial score (nSPS) is 11.0. The fourth-order valence-electron chi connectivity index (χ4n) is 1.10. The number of hydrogen-bond donors (Lipinski definition) is 0. The second kappa shape index (κ2) is 11.9. The fraction of sp³-hybridized carbons (Fsp3) is 0.571. The molecule has 0 aromatic heterocycles. The summed E-state index contributed by atoms with van der Waals surface area (Å²) in [7, 11) is 0. The van der Waals surface area contributed by atoms with Crippen LogP contribution in [0.2, 0.25) is 0 Å². The van der Waals surface area contributed by atoms with Crippen molar-refractivity contribution in [1.29, 1.82) is 0 Å². The third-order valence-corrected chi connectivity index (χ3v) is 2.07. The Morgan fingerprint density at radius 2 is 1.22 bits per heavy atom. The zero-order chi connectivity index (χ0) is 13.6. The molecule has 0 aliphatic carbocycles. The number of carbonyl (C=O) groups is 2. The smallest absolute Gasteiger partial charge is 0.310 e. The van der Waals surface area contributed by atoms with Crippen LogP contribution in [-0.2, 0) is 19.1 Å². The molecule has 4 nitrogen and oxygen atoms in total. The molecule has 102 valence electrons. The van der Waals surface area contributed by atoms with Crippen molar-refractivity contribution in [3.05, 3.63) is 24.7 Å². The van der Waals surface area contributed by atoms with Gasteiger partial charge in [-0.2, -0.15) is 0 Å². The summed E-state index contributed by atoms with van der Waals surface area (Å²) < 4.78 is 9.64. The molecule has 0 heterocycles. The fourth-order valence-corrected chi connectivity index (χ4v) is 1.10. The molecule has 0 N–H and O–H groups in total. The molecule has 0 amide bonds. The molecule has 0 bridgehead atoms. The van der Waals surface area contributed by atoms with Gasteiger partial charge in [-0.15, -0.1) is 0 Å². The van der Waals surface area contributed by atoms with Crippen LogP contribution in [0, 0.1) is 0 Å². The summed E-state index contributed by atoms with van der Waals surface area (Å²) in [5.74, 6) is -0.530. The Balaban J connectivity index is 3.49. The first-order chi connectivity index (χ1) is 8.70. The first kappa shape index (κ1) is 16.4. The Morgan fingerprint density at radius 1 is 0.833 bits per heavy atom. The molecule has 18 heavy (non-hydrogen) atoms. The Labute approximate surface area is 109 Å². The van der Waals surface area contributed by atoms with Crippen LogP contribution in [-0.4, -0.2) is 11.9 Å². The van der Waals surface area contributed by atoms with Crippen LogP contribution in [0.3, 0.4) is 0 Å². The van der Waals surface area contributed by atoms with Gasteiger partial charge in [0, 0.05) is 12.8 Å². The first-order valence-electron chi connectivity index (χ1n) is 6.39. The highest BCUT2D eigenvalue weighted by Crippen LogP contribution is 2.03. The van der Waals surface area contributed by atoms with Crippen molar-refractivity contribution in [2.24, 2.45) is 0 Å². The van der Waals surface area contributed by atoms with Crippen LogP contribution in [0.15, 0.2) is 24.7 Å². The van der Waals surface area contributed by atoms with Gasteiger partial charge in [-0.1, -0.05) is 13.8 Å². The highest BCUT2D eigenvalue weighted by Gasteiger charge is 2.04. The SMILES string of the molecule is CCC=COC(=O)CCCCC(=O)OC=CCC. The quantitative estimate of drug-likeness (QED) is 0.359. The molecule has 0 aromatic carbocycles. The topological polar surface area (TPSA) is 52.6 Å². The van der Waals surface area contributed by atoms with Crippen molar-refractivity contribution < 1.29 is 19.1 Å². The van der Waals surface area contributed by atoms with Crippen molar-refractivity contribution in [2.75, 3.05) is 0 Å². The van der Waals surface area contributed by atoms with E-state index in [0.29, 0.717) is 25.7 Å². The summed E-state index contributed by atoms with van der Waals surface area (Å²) in [6.45, 7) is 3.92. The predicted molar refractivity (Wildman–Crippen MR) is 69.5 cm³/mol. The van der Waals surface area contributed by atoms with E-state index in [1.54, 1.807) is 12.2 Å². The lowest BCUT2D eigenvalue weighted by Gasteiger charge is -2.00. The highest BCUT2D eigenvalue weighted by molar-refractivity contribution is 5.71. The highest BCUT2D eigenvalue weighted by atomic mass is 16.5. The Kier molecular flexibility index (Phi) is 10.8. The van der Waals surface area contributed by atoms with Gasteiger partial charge in [0.2, 0.25) is 0 Å². The van der Waals surface area contributed by atoms with E-state index in [9.17, 15) is 9.59 Å². The molecule has 0 atom stereocenters. The maximum Gasteiger partial charge on any atom is 0.310 e. The molecule has 0 spiro atoms. The summed E-state index contributed by atoms with van der Waals surface area (Å²) in [6, 6.07) is 0. The van der Waals surface area contributed by atoms with E-state index >= 15 is 0 Å². The third kappa shape index (κ3) is 10.9. The van der Waals surface area contributed by atoms with Gasteiger partial charge >= 0.3 is 11.9 Å². The van der Waals surface area contributed by atoms with Gasteiger partial charge < -0.3 is 9.47 Å². The molecule has 0 aromatic rings. The van der Waals surface area contributed by atoms with Gasteiger partial charge in [-0.3, -0.25) is 9.59 Å². The summed E-state index contributed by atoms with van der Waals surface area (Å²) in [5, 5.41) is 0. The minimum atomic E-state index is -0.265. The van der Waals surface area contributed by atoms with Gasteiger partial charge in [-0.05, 0) is 37.8 Å². The average Bonchev–Trinajstić information content (AvgIpc) is 2.35. The van der Waals surface area contributed by atoms with Crippen LogP contribution in [0.5, 0.6) is 0 Å². The summed E-state index contributed by atoms with van der Waals surface area (Å²) in [5.41, 5.74) is 0. The molecule has 0 saturated carbocycles. The van der Waals surface area contributed by atoms with Crippen molar-refractivity contribution in [3.63, 3.8) is 0 Å². The maximum absolute atomic E-state index is 11.2. The lowest BCUT2D eigenvalue weighted by atomic mass is 10.2. The Morgan fingerprint density at radius 3 is 1.56 bits per heavy atom. The molecule has 0 saturated heterocycles. The molecule has 4 heteroatoms. The minimum absolute atomic E-state index is 0.265. The predicted octanol–water partition coefficient (Wildman–Crippen LogP) is 3.48. The molecule has 0 unspecified atom stereocenters. The standard InChI is InChI=1S/C14H22O4/c1-3-5-11-17-13(15)9-7-8-10-14(16)18-12-6-4-2/h5-6,11-12H,3-4,7-10H2,1-2H3. The van der Waals surface area contributed by atoms with Crippen LogP contribution >= 0.6 is 0 Å². The zero-order valence-electron chi connectivity index (χ0n) is 11.2. The van der Waals surface area contributed by atoms with Gasteiger partial charge in [0.05, 0.1) is 12.5 Å². The Hall–Kier alpha value is -1.58. The molecule has 0 aliphatic heterocycles. The molecular formula is C14H22O4. The Bertz CT molecular complexity index is 262. The summed E-state index contributed by atoms with van der Waals surface area (Å²) in [4.78, 5) is 22.3. The second-order valence-corrected chi connectivity index (χ2v) is 3.75.